The van der Waals surface area contributed by atoms with Gasteiger partial charge in [-0.1, -0.05) is 18.2 Å². The van der Waals surface area contributed by atoms with Gasteiger partial charge in [-0.2, -0.15) is 0 Å². The highest BCUT2D eigenvalue weighted by molar-refractivity contribution is 6.03. The topological polar surface area (TPSA) is 87.0 Å². The Labute approximate surface area is 148 Å². The van der Waals surface area contributed by atoms with E-state index in [2.05, 4.69) is 9.72 Å². The van der Waals surface area contributed by atoms with E-state index in [-0.39, 0.29) is 23.3 Å². The number of aryl methyl sites for hydroxylation is 1. The molecule has 0 unspecified atom stereocenters. The maximum Gasteiger partial charge on any atom is 0.339 e. The molecule has 0 fully saturated rings. The van der Waals surface area contributed by atoms with E-state index >= 15 is 0 Å². The molecule has 3 rings (SSSR count). The molecule has 7 nitrogen and oxygen atoms in total. The average Bonchev–Trinajstić information content (AvgIpc) is 2.65. The van der Waals surface area contributed by atoms with Gasteiger partial charge in [-0.15, -0.1) is 0 Å². The van der Waals surface area contributed by atoms with E-state index in [9.17, 15) is 14.4 Å². The van der Waals surface area contributed by atoms with Crippen LogP contribution in [0.5, 0.6) is 0 Å². The highest BCUT2D eigenvalue weighted by Crippen LogP contribution is 2.13. The molecule has 2 aromatic heterocycles. The number of hydrogen-bond donors (Lipinski definition) is 0. The fourth-order valence-corrected chi connectivity index (χ4v) is 2.60. The lowest BCUT2D eigenvalue weighted by molar-refractivity contribution is 0.0453. The monoisotopic (exact) mass is 352 g/mol. The van der Waals surface area contributed by atoms with Gasteiger partial charge < -0.3 is 9.47 Å². The molecule has 0 aliphatic heterocycles. The lowest BCUT2D eigenvalue weighted by Crippen LogP contribution is -2.19. The van der Waals surface area contributed by atoms with Crippen LogP contribution in [0.2, 0.25) is 0 Å². The summed E-state index contributed by atoms with van der Waals surface area (Å²) in [7, 11) is 1.23. The summed E-state index contributed by atoms with van der Waals surface area (Å²) < 4.78 is 11.4. The standard InChI is InChI=1S/C19H16N2O5/c1-12-6-5-9-16-20-13(10-17(22)21(12)16)11-26-19(24)15-8-4-3-7-14(15)18(23)25-2/h3-10H,11H2,1-2H3. The van der Waals surface area contributed by atoms with Crippen molar-refractivity contribution in [1.29, 1.82) is 0 Å². The van der Waals surface area contributed by atoms with Crippen molar-refractivity contribution in [2.45, 2.75) is 13.5 Å². The first kappa shape index (κ1) is 17.3. The van der Waals surface area contributed by atoms with Crippen LogP contribution in [0.15, 0.2) is 53.3 Å². The normalized spacial score (nSPS) is 10.5. The summed E-state index contributed by atoms with van der Waals surface area (Å²) >= 11 is 0. The number of esters is 2. The van der Waals surface area contributed by atoms with Crippen molar-refractivity contribution in [3.8, 4) is 0 Å². The third kappa shape index (κ3) is 3.32. The first-order chi connectivity index (χ1) is 12.5. The van der Waals surface area contributed by atoms with Gasteiger partial charge in [-0.3, -0.25) is 9.20 Å². The van der Waals surface area contributed by atoms with Crippen LogP contribution < -0.4 is 5.56 Å². The van der Waals surface area contributed by atoms with Crippen molar-refractivity contribution in [1.82, 2.24) is 9.38 Å². The van der Waals surface area contributed by atoms with Crippen LogP contribution in [-0.4, -0.2) is 28.4 Å². The highest BCUT2D eigenvalue weighted by Gasteiger charge is 2.18. The van der Waals surface area contributed by atoms with E-state index in [4.69, 9.17) is 4.74 Å². The fraction of sp³-hybridized carbons (Fsp3) is 0.158. The molecule has 0 N–H and O–H groups in total. The van der Waals surface area contributed by atoms with E-state index in [0.717, 1.165) is 5.69 Å². The Kier molecular flexibility index (Phi) is 4.79. The van der Waals surface area contributed by atoms with Gasteiger partial charge in [0.05, 0.1) is 23.9 Å². The molecule has 7 heteroatoms. The Morgan fingerprint density at radius 3 is 2.42 bits per heavy atom. The first-order valence-electron chi connectivity index (χ1n) is 7.84. The molecule has 2 heterocycles. The summed E-state index contributed by atoms with van der Waals surface area (Å²) in [6.45, 7) is 1.62. The molecule has 26 heavy (non-hydrogen) atoms. The van der Waals surface area contributed by atoms with E-state index in [1.54, 1.807) is 37.3 Å². The summed E-state index contributed by atoms with van der Waals surface area (Å²) in [6, 6.07) is 12.8. The minimum absolute atomic E-state index is 0.0905. The number of rotatable bonds is 4. The van der Waals surface area contributed by atoms with E-state index < -0.39 is 11.9 Å². The van der Waals surface area contributed by atoms with Gasteiger partial charge >= 0.3 is 11.9 Å². The largest absolute Gasteiger partial charge is 0.465 e. The molecule has 1 aromatic carbocycles. The Hall–Kier alpha value is -3.48. The van der Waals surface area contributed by atoms with E-state index in [1.807, 2.05) is 0 Å². The van der Waals surface area contributed by atoms with Crippen LogP contribution in [0.25, 0.3) is 5.65 Å². The number of ether oxygens (including phenoxy) is 2. The molecule has 0 saturated carbocycles. The van der Waals surface area contributed by atoms with E-state index in [1.165, 1.54) is 29.7 Å². The van der Waals surface area contributed by atoms with Gasteiger partial charge in [-0.25, -0.2) is 14.6 Å². The Morgan fingerprint density at radius 2 is 1.73 bits per heavy atom. The van der Waals surface area contributed by atoms with Crippen molar-refractivity contribution >= 4 is 17.6 Å². The second-order valence-corrected chi connectivity index (χ2v) is 5.56. The van der Waals surface area contributed by atoms with Crippen molar-refractivity contribution < 1.29 is 19.1 Å². The van der Waals surface area contributed by atoms with Crippen LogP contribution in [0.1, 0.15) is 32.1 Å². The van der Waals surface area contributed by atoms with Crippen LogP contribution in [0.3, 0.4) is 0 Å². The molecule has 0 aliphatic rings. The van der Waals surface area contributed by atoms with Crippen molar-refractivity contribution in [2.75, 3.05) is 7.11 Å². The SMILES string of the molecule is COC(=O)c1ccccc1C(=O)OCc1cc(=O)n2c(C)cccc2n1. The molecule has 0 saturated heterocycles. The second-order valence-electron chi connectivity index (χ2n) is 5.56. The Morgan fingerprint density at radius 1 is 1.04 bits per heavy atom. The zero-order valence-electron chi connectivity index (χ0n) is 14.3. The van der Waals surface area contributed by atoms with Crippen molar-refractivity contribution in [3.63, 3.8) is 0 Å². The van der Waals surface area contributed by atoms with Crippen molar-refractivity contribution in [3.05, 3.63) is 81.4 Å². The minimum atomic E-state index is -0.697. The highest BCUT2D eigenvalue weighted by atomic mass is 16.5. The van der Waals surface area contributed by atoms with Gasteiger partial charge in [0.1, 0.15) is 12.3 Å². The molecule has 0 spiro atoms. The van der Waals surface area contributed by atoms with Gasteiger partial charge in [-0.05, 0) is 31.2 Å². The average molecular weight is 352 g/mol. The number of hydrogen-bond acceptors (Lipinski definition) is 6. The maximum absolute atomic E-state index is 12.3. The molecule has 0 aliphatic carbocycles. The molecule has 132 valence electrons. The predicted octanol–water partition coefficient (Wildman–Crippen LogP) is 2.15. The van der Waals surface area contributed by atoms with Gasteiger partial charge in [0.25, 0.3) is 5.56 Å². The summed E-state index contributed by atoms with van der Waals surface area (Å²) in [5.41, 5.74) is 1.50. The van der Waals surface area contributed by atoms with E-state index in [0.29, 0.717) is 11.3 Å². The molecule has 0 radical (unpaired) electrons. The number of carbonyl (C=O) groups is 2. The smallest absolute Gasteiger partial charge is 0.339 e. The lowest BCUT2D eigenvalue weighted by atomic mass is 10.1. The lowest BCUT2D eigenvalue weighted by Gasteiger charge is -2.09. The molecule has 0 atom stereocenters. The molecule has 0 amide bonds. The summed E-state index contributed by atoms with van der Waals surface area (Å²) in [5.74, 6) is -1.33. The Balaban J connectivity index is 1.84. The number of methoxy groups -OCH3 is 1. The zero-order chi connectivity index (χ0) is 18.7. The third-order valence-electron chi connectivity index (χ3n) is 3.84. The summed E-state index contributed by atoms with van der Waals surface area (Å²) in [4.78, 5) is 40.6. The molecular weight excluding hydrogens is 336 g/mol. The minimum Gasteiger partial charge on any atom is -0.465 e. The third-order valence-corrected chi connectivity index (χ3v) is 3.84. The first-order valence-corrected chi connectivity index (χ1v) is 7.84. The van der Waals surface area contributed by atoms with Crippen LogP contribution in [0.4, 0.5) is 0 Å². The predicted molar refractivity (Wildman–Crippen MR) is 93.1 cm³/mol. The van der Waals surface area contributed by atoms with Gasteiger partial charge in [0.15, 0.2) is 0 Å². The van der Waals surface area contributed by atoms with Crippen LogP contribution in [0, 0.1) is 6.92 Å². The number of carbonyl (C=O) groups excluding carboxylic acids is 2. The number of fused-ring (bicyclic) bond motifs is 1. The number of benzene rings is 1. The fourth-order valence-electron chi connectivity index (χ4n) is 2.60. The number of nitrogens with zero attached hydrogens (tertiary/aromatic N) is 2. The summed E-state index contributed by atoms with van der Waals surface area (Å²) in [6.07, 6.45) is 0. The molecular formula is C19H16N2O5. The molecule has 3 aromatic rings. The molecule has 0 bridgehead atoms. The zero-order valence-corrected chi connectivity index (χ0v) is 14.3. The quantitative estimate of drug-likeness (QED) is 0.669. The number of pyridine rings is 1. The van der Waals surface area contributed by atoms with Crippen LogP contribution >= 0.6 is 0 Å². The summed E-state index contributed by atoms with van der Waals surface area (Å²) in [5, 5.41) is 0. The Bertz CT molecular complexity index is 1060. The maximum atomic E-state index is 12.3. The van der Waals surface area contributed by atoms with Gasteiger partial charge in [0.2, 0.25) is 0 Å². The number of aromatic nitrogens is 2. The second kappa shape index (κ2) is 7.18. The van der Waals surface area contributed by atoms with Crippen molar-refractivity contribution in [2.24, 2.45) is 0 Å². The van der Waals surface area contributed by atoms with Gasteiger partial charge in [0, 0.05) is 11.8 Å². The van der Waals surface area contributed by atoms with Crippen LogP contribution in [-0.2, 0) is 16.1 Å².